The van der Waals surface area contributed by atoms with Gasteiger partial charge in [0.25, 0.3) is 0 Å². The van der Waals surface area contributed by atoms with E-state index in [1.807, 2.05) is 36.7 Å². The number of hydrogen-bond acceptors (Lipinski definition) is 5. The number of aromatic amines is 1. The summed E-state index contributed by atoms with van der Waals surface area (Å²) >= 11 is 1.60. The van der Waals surface area contributed by atoms with Gasteiger partial charge in [-0.15, -0.1) is 0 Å². The fourth-order valence-electron chi connectivity index (χ4n) is 2.74. The van der Waals surface area contributed by atoms with Crippen LogP contribution in [0.3, 0.4) is 0 Å². The number of ether oxygens (including phenoxy) is 2. The van der Waals surface area contributed by atoms with E-state index in [9.17, 15) is 9.59 Å². The van der Waals surface area contributed by atoms with Gasteiger partial charge in [-0.3, -0.25) is 0 Å². The Morgan fingerprint density at radius 2 is 2.00 bits per heavy atom. The van der Waals surface area contributed by atoms with Gasteiger partial charge >= 0.3 is 12.1 Å². The molecule has 0 unspecified atom stereocenters. The lowest BCUT2D eigenvalue weighted by Gasteiger charge is -2.31. The number of carbonyl (C=O) groups is 2. The van der Waals surface area contributed by atoms with E-state index in [-0.39, 0.29) is 0 Å². The fourth-order valence-corrected chi connectivity index (χ4v) is 3.29. The zero-order chi connectivity index (χ0) is 17.6. The standard InChI is InChI=1S/C17H22N2O4S/c1-22-15(20)17(8-9-24-3,19-16(21)23-2)10-12-11-18-14-7-5-4-6-13(12)14/h4-7,11,18H,8-10H2,1-3H3,(H,19,21)/t17-/m0/s1. The van der Waals surface area contributed by atoms with E-state index in [2.05, 4.69) is 10.3 Å². The summed E-state index contributed by atoms with van der Waals surface area (Å²) in [7, 11) is 2.60. The second kappa shape index (κ2) is 8.10. The van der Waals surface area contributed by atoms with Gasteiger partial charge in [-0.2, -0.15) is 11.8 Å². The molecule has 2 rings (SSSR count). The summed E-state index contributed by atoms with van der Waals surface area (Å²) in [4.78, 5) is 27.6. The number of carbonyl (C=O) groups excluding carboxylic acids is 2. The lowest BCUT2D eigenvalue weighted by Crippen LogP contribution is -2.57. The third-order valence-corrected chi connectivity index (χ3v) is 4.62. The van der Waals surface area contributed by atoms with E-state index in [1.54, 1.807) is 11.8 Å². The molecule has 1 heterocycles. The van der Waals surface area contributed by atoms with Crippen LogP contribution in [0.1, 0.15) is 12.0 Å². The van der Waals surface area contributed by atoms with Crippen LogP contribution in [-0.2, 0) is 20.7 Å². The van der Waals surface area contributed by atoms with Crippen molar-refractivity contribution < 1.29 is 19.1 Å². The largest absolute Gasteiger partial charge is 0.467 e. The number of benzene rings is 1. The molecule has 0 saturated carbocycles. The summed E-state index contributed by atoms with van der Waals surface area (Å²) in [5.74, 6) is 0.216. The first-order chi connectivity index (χ1) is 11.6. The van der Waals surface area contributed by atoms with Crippen molar-refractivity contribution in [1.29, 1.82) is 0 Å². The average Bonchev–Trinajstić information content (AvgIpc) is 3.01. The van der Waals surface area contributed by atoms with Crippen LogP contribution in [0.5, 0.6) is 0 Å². The lowest BCUT2D eigenvalue weighted by molar-refractivity contribution is -0.148. The third kappa shape index (κ3) is 3.84. The van der Waals surface area contributed by atoms with Crippen molar-refractivity contribution in [2.75, 3.05) is 26.2 Å². The van der Waals surface area contributed by atoms with Gasteiger partial charge in [0, 0.05) is 23.5 Å². The monoisotopic (exact) mass is 350 g/mol. The molecule has 0 fully saturated rings. The van der Waals surface area contributed by atoms with Crippen molar-refractivity contribution in [3.05, 3.63) is 36.0 Å². The number of rotatable bonds is 7. The van der Waals surface area contributed by atoms with Crippen molar-refractivity contribution in [2.45, 2.75) is 18.4 Å². The normalized spacial score (nSPS) is 13.3. The first kappa shape index (κ1) is 18.2. The number of alkyl carbamates (subject to hydrolysis) is 1. The Labute approximate surface area is 145 Å². The minimum atomic E-state index is -1.17. The summed E-state index contributed by atoms with van der Waals surface area (Å²) < 4.78 is 9.70. The Hall–Kier alpha value is -2.15. The van der Waals surface area contributed by atoms with Crippen LogP contribution in [0.4, 0.5) is 4.79 Å². The predicted octanol–water partition coefficient (Wildman–Crippen LogP) is 2.73. The molecule has 130 valence electrons. The van der Waals surface area contributed by atoms with E-state index in [1.165, 1.54) is 14.2 Å². The molecule has 0 aliphatic rings. The van der Waals surface area contributed by atoms with Gasteiger partial charge in [0.15, 0.2) is 0 Å². The minimum Gasteiger partial charge on any atom is -0.467 e. The Kier molecular flexibility index (Phi) is 6.14. The zero-order valence-electron chi connectivity index (χ0n) is 14.0. The molecule has 0 radical (unpaired) electrons. The van der Waals surface area contributed by atoms with Gasteiger partial charge in [-0.25, -0.2) is 9.59 Å². The van der Waals surface area contributed by atoms with Gasteiger partial charge in [0.2, 0.25) is 0 Å². The predicted molar refractivity (Wildman–Crippen MR) is 95.3 cm³/mol. The lowest BCUT2D eigenvalue weighted by atomic mass is 9.88. The molecule has 1 amide bonds. The number of methoxy groups -OCH3 is 2. The first-order valence-corrected chi connectivity index (χ1v) is 8.94. The molecule has 1 atom stereocenters. The number of hydrogen-bond donors (Lipinski definition) is 2. The van der Waals surface area contributed by atoms with Crippen molar-refractivity contribution in [3.63, 3.8) is 0 Å². The van der Waals surface area contributed by atoms with E-state index < -0.39 is 17.6 Å². The molecular weight excluding hydrogens is 328 g/mol. The van der Waals surface area contributed by atoms with Crippen LogP contribution in [-0.4, -0.2) is 48.8 Å². The summed E-state index contributed by atoms with van der Waals surface area (Å²) in [5, 5.41) is 3.72. The smallest absolute Gasteiger partial charge is 0.407 e. The maximum Gasteiger partial charge on any atom is 0.407 e. The van der Waals surface area contributed by atoms with Crippen LogP contribution >= 0.6 is 11.8 Å². The van der Waals surface area contributed by atoms with E-state index >= 15 is 0 Å². The van der Waals surface area contributed by atoms with Gasteiger partial charge in [-0.1, -0.05) is 18.2 Å². The van der Waals surface area contributed by atoms with Crippen LogP contribution in [0.25, 0.3) is 10.9 Å². The number of esters is 1. The molecule has 7 heteroatoms. The number of nitrogens with one attached hydrogen (secondary N) is 2. The summed E-state index contributed by atoms with van der Waals surface area (Å²) in [6, 6.07) is 7.83. The quantitative estimate of drug-likeness (QED) is 0.751. The fraction of sp³-hybridized carbons (Fsp3) is 0.412. The van der Waals surface area contributed by atoms with Crippen molar-refractivity contribution >= 4 is 34.7 Å². The number of thioether (sulfide) groups is 1. The maximum atomic E-state index is 12.5. The van der Waals surface area contributed by atoms with E-state index in [4.69, 9.17) is 9.47 Å². The highest BCUT2D eigenvalue weighted by atomic mass is 32.2. The van der Waals surface area contributed by atoms with Crippen molar-refractivity contribution in [1.82, 2.24) is 10.3 Å². The minimum absolute atomic E-state index is 0.319. The number of amides is 1. The highest BCUT2D eigenvalue weighted by molar-refractivity contribution is 7.98. The van der Waals surface area contributed by atoms with Crippen LogP contribution < -0.4 is 5.32 Å². The Balaban J connectivity index is 2.42. The van der Waals surface area contributed by atoms with Gasteiger partial charge in [0.05, 0.1) is 14.2 Å². The summed E-state index contributed by atoms with van der Waals surface area (Å²) in [6.45, 7) is 0. The second-order valence-corrected chi connectivity index (χ2v) is 6.45. The van der Waals surface area contributed by atoms with Gasteiger partial charge in [-0.05, 0) is 30.1 Å². The topological polar surface area (TPSA) is 80.4 Å². The molecule has 2 aromatic rings. The number of aromatic nitrogens is 1. The molecule has 0 bridgehead atoms. The molecule has 0 saturated heterocycles. The molecule has 1 aromatic heterocycles. The molecule has 1 aromatic carbocycles. The number of fused-ring (bicyclic) bond motifs is 1. The maximum absolute atomic E-state index is 12.5. The average molecular weight is 350 g/mol. The zero-order valence-corrected chi connectivity index (χ0v) is 14.9. The van der Waals surface area contributed by atoms with Crippen LogP contribution in [0.2, 0.25) is 0 Å². The van der Waals surface area contributed by atoms with Crippen molar-refractivity contribution in [3.8, 4) is 0 Å². The van der Waals surface area contributed by atoms with Gasteiger partial charge in [0.1, 0.15) is 5.54 Å². The first-order valence-electron chi connectivity index (χ1n) is 7.55. The second-order valence-electron chi connectivity index (χ2n) is 5.47. The number of H-pyrrole nitrogens is 1. The molecular formula is C17H22N2O4S. The Bertz CT molecular complexity index is 715. The summed E-state index contributed by atoms with van der Waals surface area (Å²) in [6.07, 6.45) is 3.92. The summed E-state index contributed by atoms with van der Waals surface area (Å²) in [5.41, 5.74) is 0.748. The van der Waals surface area contributed by atoms with Gasteiger partial charge < -0.3 is 19.8 Å². The molecule has 0 aliphatic heterocycles. The van der Waals surface area contributed by atoms with Crippen molar-refractivity contribution in [2.24, 2.45) is 0 Å². The number of para-hydroxylation sites is 1. The molecule has 2 N–H and O–H groups in total. The molecule has 6 nitrogen and oxygen atoms in total. The highest BCUT2D eigenvalue weighted by Crippen LogP contribution is 2.26. The van der Waals surface area contributed by atoms with E-state index in [0.717, 1.165) is 16.5 Å². The Morgan fingerprint density at radius 1 is 1.25 bits per heavy atom. The van der Waals surface area contributed by atoms with Crippen LogP contribution in [0, 0.1) is 0 Å². The third-order valence-electron chi connectivity index (χ3n) is 4.00. The SMILES string of the molecule is COC(=O)N[C@@](CCSC)(Cc1c[nH]c2ccccc12)C(=O)OC. The molecule has 24 heavy (non-hydrogen) atoms. The molecule has 0 aliphatic carbocycles. The van der Waals surface area contributed by atoms with E-state index in [0.29, 0.717) is 18.6 Å². The highest BCUT2D eigenvalue weighted by Gasteiger charge is 2.41. The van der Waals surface area contributed by atoms with Crippen LogP contribution in [0.15, 0.2) is 30.5 Å². The Morgan fingerprint density at radius 3 is 2.67 bits per heavy atom. The molecule has 0 spiro atoms.